The third kappa shape index (κ3) is 2.24. The number of H-pyrrole nitrogens is 1. The van der Waals surface area contributed by atoms with E-state index in [0.717, 1.165) is 17.6 Å². The molecule has 1 heterocycles. The highest BCUT2D eigenvalue weighted by Crippen LogP contribution is 2.12. The normalized spacial score (nSPS) is 10.2. The van der Waals surface area contributed by atoms with E-state index in [9.17, 15) is 0 Å². The zero-order valence-electron chi connectivity index (χ0n) is 8.37. The van der Waals surface area contributed by atoms with Gasteiger partial charge in [0.2, 0.25) is 5.95 Å². The number of aromatic amines is 1. The van der Waals surface area contributed by atoms with Gasteiger partial charge in [-0.15, -0.1) is 0 Å². The molecule has 0 fully saturated rings. The molecule has 1 aromatic carbocycles. The van der Waals surface area contributed by atoms with E-state index in [1.807, 2.05) is 31.2 Å². The summed E-state index contributed by atoms with van der Waals surface area (Å²) in [6, 6.07) is 7.85. The molecule has 0 amide bonds. The number of nitrogens with zero attached hydrogens (tertiary/aromatic N) is 1. The van der Waals surface area contributed by atoms with Crippen LogP contribution in [0.15, 0.2) is 24.3 Å². The number of benzene rings is 1. The van der Waals surface area contributed by atoms with Crippen molar-refractivity contribution in [2.24, 2.45) is 0 Å². The van der Waals surface area contributed by atoms with Gasteiger partial charge in [0.05, 0.1) is 11.0 Å². The summed E-state index contributed by atoms with van der Waals surface area (Å²) in [6.07, 6.45) is 0. The second kappa shape index (κ2) is 4.27. The number of hydrogen-bond acceptors (Lipinski definition) is 2. The standard InChI is InChI=1S/C10H12N4S/c1-2-11-10(15)14-9-12-7-5-3-4-6-8(7)13-9/h3-6H,2H2,1H3,(H3,11,12,13,14,15). The smallest absolute Gasteiger partial charge is 0.207 e. The fourth-order valence-electron chi connectivity index (χ4n) is 1.32. The van der Waals surface area contributed by atoms with Crippen LogP contribution < -0.4 is 10.6 Å². The minimum absolute atomic E-state index is 0.580. The van der Waals surface area contributed by atoms with Crippen molar-refractivity contribution in [3.05, 3.63) is 24.3 Å². The lowest BCUT2D eigenvalue weighted by Gasteiger charge is -2.04. The molecule has 0 spiro atoms. The maximum absolute atomic E-state index is 5.06. The molecule has 0 radical (unpaired) electrons. The highest BCUT2D eigenvalue weighted by atomic mass is 32.1. The van der Waals surface area contributed by atoms with Crippen molar-refractivity contribution in [3.63, 3.8) is 0 Å². The Morgan fingerprint density at radius 1 is 1.47 bits per heavy atom. The molecule has 2 aromatic rings. The summed E-state index contributed by atoms with van der Waals surface area (Å²) in [5.74, 6) is 0.669. The van der Waals surface area contributed by atoms with Gasteiger partial charge in [-0.3, -0.25) is 0 Å². The van der Waals surface area contributed by atoms with E-state index in [1.54, 1.807) is 0 Å². The van der Waals surface area contributed by atoms with Crippen LogP contribution in [0.4, 0.5) is 5.95 Å². The topological polar surface area (TPSA) is 52.7 Å². The van der Waals surface area contributed by atoms with Crippen molar-refractivity contribution in [3.8, 4) is 0 Å². The molecule has 0 atom stereocenters. The van der Waals surface area contributed by atoms with Crippen molar-refractivity contribution >= 4 is 34.3 Å². The minimum atomic E-state index is 0.580. The lowest BCUT2D eigenvalue weighted by Crippen LogP contribution is -2.28. The Balaban J connectivity index is 2.18. The molecule has 15 heavy (non-hydrogen) atoms. The Labute approximate surface area is 93.1 Å². The Morgan fingerprint density at radius 2 is 2.27 bits per heavy atom. The SMILES string of the molecule is CCNC(=S)Nc1nc2ccccc2[nH]1. The summed E-state index contributed by atoms with van der Waals surface area (Å²) >= 11 is 5.06. The van der Waals surface area contributed by atoms with Gasteiger partial charge in [0.1, 0.15) is 0 Å². The first-order valence-electron chi connectivity index (χ1n) is 4.79. The maximum atomic E-state index is 5.06. The quantitative estimate of drug-likeness (QED) is 0.676. The van der Waals surface area contributed by atoms with Crippen LogP contribution in [0.25, 0.3) is 11.0 Å². The Morgan fingerprint density at radius 3 is 3.00 bits per heavy atom. The van der Waals surface area contributed by atoms with Crippen LogP contribution in [-0.2, 0) is 0 Å². The van der Waals surface area contributed by atoms with Crippen LogP contribution in [0, 0.1) is 0 Å². The molecule has 3 N–H and O–H groups in total. The molecule has 0 aliphatic carbocycles. The van der Waals surface area contributed by atoms with E-state index in [0.29, 0.717) is 11.1 Å². The molecule has 0 aliphatic rings. The predicted octanol–water partition coefficient (Wildman–Crippen LogP) is 1.87. The van der Waals surface area contributed by atoms with Crippen LogP contribution >= 0.6 is 12.2 Å². The van der Waals surface area contributed by atoms with Crippen LogP contribution in [0.2, 0.25) is 0 Å². The Kier molecular flexibility index (Phi) is 2.82. The number of rotatable bonds is 2. The van der Waals surface area contributed by atoms with Gasteiger partial charge in [-0.2, -0.15) is 0 Å². The number of aromatic nitrogens is 2. The number of anilines is 1. The minimum Gasteiger partial charge on any atom is -0.363 e. The van der Waals surface area contributed by atoms with Gasteiger partial charge in [0.15, 0.2) is 5.11 Å². The Hall–Kier alpha value is -1.62. The van der Waals surface area contributed by atoms with Crippen molar-refractivity contribution in [1.29, 1.82) is 0 Å². The number of fused-ring (bicyclic) bond motifs is 1. The lowest BCUT2D eigenvalue weighted by atomic mass is 10.3. The van der Waals surface area contributed by atoms with Gasteiger partial charge < -0.3 is 15.6 Å². The molecular weight excluding hydrogens is 208 g/mol. The number of thiocarbonyl (C=S) groups is 1. The molecule has 0 saturated heterocycles. The van der Waals surface area contributed by atoms with Crippen molar-refractivity contribution in [1.82, 2.24) is 15.3 Å². The van der Waals surface area contributed by atoms with E-state index in [1.165, 1.54) is 0 Å². The number of para-hydroxylation sites is 2. The van der Waals surface area contributed by atoms with Crippen molar-refractivity contribution in [2.45, 2.75) is 6.92 Å². The van der Waals surface area contributed by atoms with E-state index in [4.69, 9.17) is 12.2 Å². The van der Waals surface area contributed by atoms with Crippen molar-refractivity contribution in [2.75, 3.05) is 11.9 Å². The number of imidazole rings is 1. The maximum Gasteiger partial charge on any atom is 0.207 e. The fourth-order valence-corrected chi connectivity index (χ4v) is 1.57. The molecule has 0 saturated carbocycles. The Bertz CT molecular complexity index is 444. The summed E-state index contributed by atoms with van der Waals surface area (Å²) in [6.45, 7) is 2.79. The van der Waals surface area contributed by atoms with Crippen LogP contribution in [0.1, 0.15) is 6.92 Å². The highest BCUT2D eigenvalue weighted by molar-refractivity contribution is 7.80. The van der Waals surface area contributed by atoms with Crippen molar-refractivity contribution < 1.29 is 0 Å². The molecule has 5 heteroatoms. The largest absolute Gasteiger partial charge is 0.363 e. The average Bonchev–Trinajstić information content (AvgIpc) is 2.59. The molecule has 0 unspecified atom stereocenters. The summed E-state index contributed by atoms with van der Waals surface area (Å²) in [5, 5.41) is 6.56. The molecule has 2 rings (SSSR count). The first-order valence-corrected chi connectivity index (χ1v) is 5.20. The number of nitrogens with one attached hydrogen (secondary N) is 3. The van der Waals surface area contributed by atoms with Gasteiger partial charge in [0.25, 0.3) is 0 Å². The summed E-state index contributed by atoms with van der Waals surface area (Å²) in [5.41, 5.74) is 1.93. The second-order valence-corrected chi connectivity index (χ2v) is 3.50. The van der Waals surface area contributed by atoms with Gasteiger partial charge in [-0.05, 0) is 31.3 Å². The fraction of sp³-hybridized carbons (Fsp3) is 0.200. The lowest BCUT2D eigenvalue weighted by molar-refractivity contribution is 0.977. The third-order valence-electron chi connectivity index (χ3n) is 1.96. The molecule has 78 valence electrons. The van der Waals surface area contributed by atoms with Gasteiger partial charge in [0, 0.05) is 6.54 Å². The number of hydrogen-bond donors (Lipinski definition) is 3. The van der Waals surface area contributed by atoms with E-state index in [-0.39, 0.29) is 0 Å². The molecule has 4 nitrogen and oxygen atoms in total. The zero-order valence-corrected chi connectivity index (χ0v) is 9.19. The summed E-state index contributed by atoms with van der Waals surface area (Å²) < 4.78 is 0. The monoisotopic (exact) mass is 220 g/mol. The van der Waals surface area contributed by atoms with E-state index >= 15 is 0 Å². The van der Waals surface area contributed by atoms with Crippen LogP contribution in [0.5, 0.6) is 0 Å². The summed E-state index contributed by atoms with van der Waals surface area (Å²) in [4.78, 5) is 7.48. The third-order valence-corrected chi connectivity index (χ3v) is 2.21. The van der Waals surface area contributed by atoms with E-state index in [2.05, 4.69) is 20.6 Å². The second-order valence-electron chi connectivity index (χ2n) is 3.09. The van der Waals surface area contributed by atoms with Gasteiger partial charge in [-0.25, -0.2) is 4.98 Å². The zero-order chi connectivity index (χ0) is 10.7. The van der Waals surface area contributed by atoms with Gasteiger partial charge >= 0.3 is 0 Å². The molecular formula is C10H12N4S. The molecule has 1 aromatic heterocycles. The molecule has 0 bridgehead atoms. The average molecular weight is 220 g/mol. The molecule has 0 aliphatic heterocycles. The first-order chi connectivity index (χ1) is 7.29. The van der Waals surface area contributed by atoms with Gasteiger partial charge in [-0.1, -0.05) is 12.1 Å². The summed E-state index contributed by atoms with van der Waals surface area (Å²) in [7, 11) is 0. The van der Waals surface area contributed by atoms with Crippen LogP contribution in [0.3, 0.4) is 0 Å². The predicted molar refractivity (Wildman–Crippen MR) is 66.0 cm³/mol. The van der Waals surface area contributed by atoms with Crippen LogP contribution in [-0.4, -0.2) is 21.6 Å². The highest BCUT2D eigenvalue weighted by Gasteiger charge is 2.02. The van der Waals surface area contributed by atoms with E-state index < -0.39 is 0 Å². The first kappa shape index (κ1) is 9.92.